The minimum atomic E-state index is -0.901. The van der Waals surface area contributed by atoms with Gasteiger partial charge in [0.15, 0.2) is 11.5 Å². The summed E-state index contributed by atoms with van der Waals surface area (Å²) >= 11 is 0. The fraction of sp³-hybridized carbons (Fsp3) is 0.367. The number of para-hydroxylation sites is 2. The van der Waals surface area contributed by atoms with Gasteiger partial charge in [-0.3, -0.25) is 19.5 Å². The van der Waals surface area contributed by atoms with Crippen LogP contribution in [0.2, 0.25) is 0 Å². The number of rotatable bonds is 6. The smallest absolute Gasteiger partial charge is 0.272 e. The molecule has 37 heavy (non-hydrogen) atoms. The third kappa shape index (κ3) is 5.45. The minimum Gasteiger partial charge on any atom is -0.485 e. The molecule has 3 aromatic rings. The highest BCUT2D eigenvalue weighted by Crippen LogP contribution is 2.35. The Morgan fingerprint density at radius 1 is 0.973 bits per heavy atom. The summed E-state index contributed by atoms with van der Waals surface area (Å²) in [6.45, 7) is 4.03. The second kappa shape index (κ2) is 11.0. The van der Waals surface area contributed by atoms with E-state index in [9.17, 15) is 9.59 Å². The van der Waals surface area contributed by atoms with Gasteiger partial charge in [-0.05, 0) is 68.1 Å². The molecule has 2 unspecified atom stereocenters. The second-order valence-electron chi connectivity index (χ2n) is 9.89. The zero-order valence-electron chi connectivity index (χ0n) is 21.4. The average Bonchev–Trinajstić information content (AvgIpc) is 2.92. The first-order valence-electron chi connectivity index (χ1n) is 13.0. The zero-order valence-corrected chi connectivity index (χ0v) is 21.4. The number of nitrogens with one attached hydrogen (secondary N) is 1. The lowest BCUT2D eigenvalue weighted by Crippen LogP contribution is -2.53. The van der Waals surface area contributed by atoms with E-state index in [0.717, 1.165) is 36.8 Å². The molecule has 1 aliphatic carbocycles. The van der Waals surface area contributed by atoms with Crippen molar-refractivity contribution in [2.75, 3.05) is 11.5 Å². The van der Waals surface area contributed by atoms with Crippen LogP contribution in [0.25, 0.3) is 0 Å². The SMILES string of the molecule is Cc1ccc(N(C(=O)C2COc3ccccc3O2)C(C(=O)NC2CCCCC2)c2ccncc2)c(C)c1. The maximum atomic E-state index is 14.3. The monoisotopic (exact) mass is 499 g/mol. The molecule has 0 bridgehead atoms. The Balaban J connectivity index is 1.56. The lowest BCUT2D eigenvalue weighted by atomic mass is 9.94. The molecule has 1 saturated carbocycles. The molecule has 192 valence electrons. The van der Waals surface area contributed by atoms with Crippen LogP contribution in [-0.4, -0.2) is 35.6 Å². The highest BCUT2D eigenvalue weighted by molar-refractivity contribution is 6.04. The van der Waals surface area contributed by atoms with Gasteiger partial charge in [-0.1, -0.05) is 49.1 Å². The number of benzene rings is 2. The van der Waals surface area contributed by atoms with Crippen LogP contribution >= 0.6 is 0 Å². The van der Waals surface area contributed by atoms with Crippen LogP contribution in [0.15, 0.2) is 67.0 Å². The molecule has 0 spiro atoms. The first kappa shape index (κ1) is 24.8. The van der Waals surface area contributed by atoms with Gasteiger partial charge in [0.1, 0.15) is 12.6 Å². The van der Waals surface area contributed by atoms with E-state index in [2.05, 4.69) is 10.3 Å². The largest absolute Gasteiger partial charge is 0.485 e. The number of pyridine rings is 1. The Bertz CT molecular complexity index is 1260. The van der Waals surface area contributed by atoms with E-state index in [4.69, 9.17) is 9.47 Å². The van der Waals surface area contributed by atoms with Crippen molar-refractivity contribution in [1.29, 1.82) is 0 Å². The van der Waals surface area contributed by atoms with Crippen LogP contribution in [0.5, 0.6) is 11.5 Å². The average molecular weight is 500 g/mol. The van der Waals surface area contributed by atoms with Gasteiger partial charge in [0.05, 0.1) is 0 Å². The van der Waals surface area contributed by atoms with Crippen LogP contribution in [0.3, 0.4) is 0 Å². The van der Waals surface area contributed by atoms with Gasteiger partial charge >= 0.3 is 0 Å². The van der Waals surface area contributed by atoms with E-state index >= 15 is 0 Å². The van der Waals surface area contributed by atoms with Crippen molar-refractivity contribution in [1.82, 2.24) is 10.3 Å². The van der Waals surface area contributed by atoms with Gasteiger partial charge in [0, 0.05) is 24.1 Å². The van der Waals surface area contributed by atoms with Gasteiger partial charge in [0.25, 0.3) is 5.91 Å². The van der Waals surface area contributed by atoms with Crippen molar-refractivity contribution in [3.8, 4) is 11.5 Å². The third-order valence-corrected chi connectivity index (χ3v) is 7.11. The van der Waals surface area contributed by atoms with Crippen LogP contribution in [0.4, 0.5) is 5.69 Å². The fourth-order valence-electron chi connectivity index (χ4n) is 5.25. The number of amides is 2. The number of hydrogen-bond donors (Lipinski definition) is 1. The predicted molar refractivity (Wildman–Crippen MR) is 142 cm³/mol. The first-order chi connectivity index (χ1) is 18.0. The predicted octanol–water partition coefficient (Wildman–Crippen LogP) is 5.06. The molecule has 2 amide bonds. The molecule has 2 atom stereocenters. The normalized spacial score (nSPS) is 18.1. The molecular weight excluding hydrogens is 466 g/mol. The van der Waals surface area contributed by atoms with Crippen molar-refractivity contribution in [2.45, 2.75) is 64.1 Å². The number of aromatic nitrogens is 1. The van der Waals surface area contributed by atoms with Crippen molar-refractivity contribution < 1.29 is 19.1 Å². The van der Waals surface area contributed by atoms with E-state index in [0.29, 0.717) is 22.7 Å². The van der Waals surface area contributed by atoms with Gasteiger partial charge in [-0.2, -0.15) is 0 Å². The third-order valence-electron chi connectivity index (χ3n) is 7.11. The number of carbonyl (C=O) groups is 2. The van der Waals surface area contributed by atoms with Crippen molar-refractivity contribution in [2.24, 2.45) is 0 Å². The first-order valence-corrected chi connectivity index (χ1v) is 13.0. The molecule has 0 saturated heterocycles. The van der Waals surface area contributed by atoms with Crippen molar-refractivity contribution in [3.05, 3.63) is 83.7 Å². The molecule has 5 rings (SSSR count). The summed E-state index contributed by atoms with van der Waals surface area (Å²) in [5.74, 6) is 0.579. The van der Waals surface area contributed by atoms with E-state index in [1.807, 2.05) is 50.2 Å². The topological polar surface area (TPSA) is 80.8 Å². The standard InChI is InChI=1S/C30H33N3O4/c1-20-12-13-24(21(2)18-20)33(30(35)27-19-36-25-10-6-7-11-26(25)37-27)28(22-14-16-31-17-15-22)29(34)32-23-8-4-3-5-9-23/h6-7,10-18,23,27-28H,3-5,8-9,19H2,1-2H3,(H,32,34). The van der Waals surface area contributed by atoms with Gasteiger partial charge in [-0.15, -0.1) is 0 Å². The molecule has 1 N–H and O–H groups in total. The maximum Gasteiger partial charge on any atom is 0.272 e. The molecule has 1 aromatic heterocycles. The van der Waals surface area contributed by atoms with Crippen molar-refractivity contribution in [3.63, 3.8) is 0 Å². The number of aryl methyl sites for hydroxylation is 2. The molecule has 2 heterocycles. The lowest BCUT2D eigenvalue weighted by molar-refractivity contribution is -0.132. The highest BCUT2D eigenvalue weighted by Gasteiger charge is 2.40. The lowest BCUT2D eigenvalue weighted by Gasteiger charge is -2.37. The number of anilines is 1. The highest BCUT2D eigenvalue weighted by atomic mass is 16.6. The molecule has 7 heteroatoms. The number of carbonyl (C=O) groups excluding carboxylic acids is 2. The molecule has 2 aromatic carbocycles. The van der Waals surface area contributed by atoms with E-state index in [1.165, 1.54) is 6.42 Å². The Labute approximate surface area is 217 Å². The summed E-state index contributed by atoms with van der Waals surface area (Å²) in [5, 5.41) is 3.25. The number of hydrogen-bond acceptors (Lipinski definition) is 5. The molecule has 1 fully saturated rings. The molecule has 7 nitrogen and oxygen atoms in total. The second-order valence-corrected chi connectivity index (χ2v) is 9.89. The summed E-state index contributed by atoms with van der Waals surface area (Å²) in [6, 6.07) is 16.0. The van der Waals surface area contributed by atoms with Crippen LogP contribution < -0.4 is 19.7 Å². The van der Waals surface area contributed by atoms with Crippen molar-refractivity contribution >= 4 is 17.5 Å². The Kier molecular flexibility index (Phi) is 7.40. The van der Waals surface area contributed by atoms with Crippen LogP contribution in [-0.2, 0) is 9.59 Å². The molecule has 1 aliphatic heterocycles. The summed E-state index contributed by atoms with van der Waals surface area (Å²) in [4.78, 5) is 34.0. The van der Waals surface area contributed by atoms with E-state index < -0.39 is 12.1 Å². The van der Waals surface area contributed by atoms with Gasteiger partial charge in [0.2, 0.25) is 12.0 Å². The quantitative estimate of drug-likeness (QED) is 0.513. The van der Waals surface area contributed by atoms with Crippen LogP contribution in [0, 0.1) is 13.8 Å². The van der Waals surface area contributed by atoms with E-state index in [1.54, 1.807) is 35.5 Å². The summed E-state index contributed by atoms with van der Waals surface area (Å²) in [6.07, 6.45) is 7.67. The molecule has 2 aliphatic rings. The summed E-state index contributed by atoms with van der Waals surface area (Å²) in [7, 11) is 0. The Morgan fingerprint density at radius 3 is 2.43 bits per heavy atom. The summed E-state index contributed by atoms with van der Waals surface area (Å²) in [5.41, 5.74) is 3.33. The Hall–Kier alpha value is -3.87. The number of nitrogens with zero attached hydrogens (tertiary/aromatic N) is 2. The zero-order chi connectivity index (χ0) is 25.8. The van der Waals surface area contributed by atoms with Crippen LogP contribution in [0.1, 0.15) is 54.8 Å². The molecule has 0 radical (unpaired) electrons. The number of fused-ring (bicyclic) bond motifs is 1. The number of ether oxygens (including phenoxy) is 2. The fourth-order valence-corrected chi connectivity index (χ4v) is 5.25. The Morgan fingerprint density at radius 2 is 1.70 bits per heavy atom. The minimum absolute atomic E-state index is 0.0601. The van der Waals surface area contributed by atoms with Gasteiger partial charge < -0.3 is 14.8 Å². The summed E-state index contributed by atoms with van der Waals surface area (Å²) < 4.78 is 12.0. The van der Waals surface area contributed by atoms with E-state index in [-0.39, 0.29) is 24.5 Å². The van der Waals surface area contributed by atoms with Gasteiger partial charge in [-0.25, -0.2) is 0 Å². The maximum absolute atomic E-state index is 14.3. The molecular formula is C30H33N3O4.